The topological polar surface area (TPSA) is 52.6 Å². The zero-order valence-corrected chi connectivity index (χ0v) is 11.1. The molecule has 0 aromatic rings. The molecule has 0 atom stereocenters. The number of hydrogen-bond donors (Lipinski definition) is 0. The second-order valence-corrected chi connectivity index (χ2v) is 4.04. The van der Waals surface area contributed by atoms with Crippen LogP contribution < -0.4 is 0 Å². The van der Waals surface area contributed by atoms with Crippen LogP contribution in [-0.4, -0.2) is 25.2 Å². The molecule has 0 saturated heterocycles. The molecule has 17 heavy (non-hydrogen) atoms. The number of rotatable bonds is 7. The predicted octanol–water partition coefficient (Wildman–Crippen LogP) is 2.48. The van der Waals surface area contributed by atoms with Crippen molar-refractivity contribution in [3.8, 4) is 0 Å². The van der Waals surface area contributed by atoms with E-state index < -0.39 is 5.97 Å². The van der Waals surface area contributed by atoms with Crippen molar-refractivity contribution < 1.29 is 19.1 Å². The van der Waals surface area contributed by atoms with Gasteiger partial charge in [-0.25, -0.2) is 4.79 Å². The zero-order chi connectivity index (χ0) is 13.3. The number of carbonyl (C=O) groups is 2. The number of carbonyl (C=O) groups excluding carboxylic acids is 2. The van der Waals surface area contributed by atoms with Crippen LogP contribution in [0.25, 0.3) is 0 Å². The monoisotopic (exact) mass is 242 g/mol. The Morgan fingerprint density at radius 2 is 1.82 bits per heavy atom. The average molecular weight is 242 g/mol. The highest BCUT2D eigenvalue weighted by Crippen LogP contribution is 2.05. The van der Waals surface area contributed by atoms with Crippen LogP contribution in [0.2, 0.25) is 0 Å². The molecular weight excluding hydrogens is 220 g/mol. The van der Waals surface area contributed by atoms with Crippen molar-refractivity contribution >= 4 is 11.9 Å². The van der Waals surface area contributed by atoms with Gasteiger partial charge in [0.2, 0.25) is 0 Å². The molecule has 0 rings (SSSR count). The van der Waals surface area contributed by atoms with E-state index in [9.17, 15) is 9.59 Å². The summed E-state index contributed by atoms with van der Waals surface area (Å²) in [6, 6.07) is 0. The largest absolute Gasteiger partial charge is 0.462 e. The van der Waals surface area contributed by atoms with Gasteiger partial charge in [0.05, 0.1) is 18.1 Å². The molecule has 0 aliphatic rings. The van der Waals surface area contributed by atoms with Crippen molar-refractivity contribution in [2.45, 2.75) is 40.5 Å². The molecule has 0 aromatic carbocycles. The number of ether oxygens (including phenoxy) is 2. The summed E-state index contributed by atoms with van der Waals surface area (Å²) in [7, 11) is 0. The van der Waals surface area contributed by atoms with E-state index in [0.29, 0.717) is 18.6 Å². The van der Waals surface area contributed by atoms with E-state index >= 15 is 0 Å². The Balaban J connectivity index is 4.30. The lowest BCUT2D eigenvalue weighted by Gasteiger charge is -2.10. The molecule has 4 heteroatoms. The van der Waals surface area contributed by atoms with Crippen LogP contribution in [0.5, 0.6) is 0 Å². The fraction of sp³-hybridized carbons (Fsp3) is 0.692. The lowest BCUT2D eigenvalue weighted by Crippen LogP contribution is -2.18. The summed E-state index contributed by atoms with van der Waals surface area (Å²) in [6.07, 6.45) is 3.21. The zero-order valence-electron chi connectivity index (χ0n) is 11.1. The number of hydrogen-bond acceptors (Lipinski definition) is 4. The molecule has 0 aliphatic heterocycles. The molecule has 0 amide bonds. The maximum atomic E-state index is 11.6. The highest BCUT2D eigenvalue weighted by molar-refractivity contribution is 5.89. The molecular formula is C13H22O4. The van der Waals surface area contributed by atoms with Gasteiger partial charge in [0.15, 0.2) is 0 Å². The molecule has 0 aromatic heterocycles. The minimum atomic E-state index is -0.398. The Bertz CT molecular complexity index is 279. The fourth-order valence-electron chi connectivity index (χ4n) is 1.05. The third kappa shape index (κ3) is 6.76. The Hall–Kier alpha value is -1.32. The minimum Gasteiger partial charge on any atom is -0.462 e. The van der Waals surface area contributed by atoms with E-state index in [1.807, 2.05) is 13.8 Å². The number of esters is 2. The van der Waals surface area contributed by atoms with Gasteiger partial charge in [0, 0.05) is 0 Å². The first kappa shape index (κ1) is 15.7. The van der Waals surface area contributed by atoms with E-state index in [1.165, 1.54) is 0 Å². The Morgan fingerprint density at radius 3 is 2.29 bits per heavy atom. The summed E-state index contributed by atoms with van der Waals surface area (Å²) in [6.45, 7) is 7.72. The summed E-state index contributed by atoms with van der Waals surface area (Å²) < 4.78 is 10.0. The summed E-state index contributed by atoms with van der Waals surface area (Å²) in [5.74, 6) is -0.898. The molecule has 0 bridgehead atoms. The molecule has 98 valence electrons. The molecule has 0 saturated carbocycles. The van der Waals surface area contributed by atoms with E-state index in [4.69, 9.17) is 9.47 Å². The van der Waals surface area contributed by atoms with Crippen LogP contribution in [0, 0.1) is 5.92 Å². The smallest absolute Gasteiger partial charge is 0.337 e. The molecule has 0 fully saturated rings. The quantitative estimate of drug-likeness (QED) is 0.508. The summed E-state index contributed by atoms with van der Waals surface area (Å²) >= 11 is 0. The van der Waals surface area contributed by atoms with Gasteiger partial charge in [-0.2, -0.15) is 0 Å². The molecule has 0 N–H and O–H groups in total. The van der Waals surface area contributed by atoms with Crippen LogP contribution in [0.3, 0.4) is 0 Å². The lowest BCUT2D eigenvalue weighted by molar-refractivity contribution is -0.147. The SMILES string of the molecule is CCC=C(COC(=O)C(C)C)C(=O)OCCC. The highest BCUT2D eigenvalue weighted by atomic mass is 16.5. The van der Waals surface area contributed by atoms with Crippen molar-refractivity contribution in [1.29, 1.82) is 0 Å². The second kappa shape index (κ2) is 8.79. The summed E-state index contributed by atoms with van der Waals surface area (Å²) in [4.78, 5) is 22.9. The minimum absolute atomic E-state index is 0.00655. The molecule has 4 nitrogen and oxygen atoms in total. The van der Waals surface area contributed by atoms with Gasteiger partial charge in [-0.05, 0) is 12.8 Å². The maximum Gasteiger partial charge on any atom is 0.337 e. The van der Waals surface area contributed by atoms with Gasteiger partial charge < -0.3 is 9.47 Å². The third-order valence-electron chi connectivity index (χ3n) is 1.99. The Morgan fingerprint density at radius 1 is 1.18 bits per heavy atom. The standard InChI is InChI=1S/C13H22O4/c1-5-7-11(13(15)16-8-6-2)9-17-12(14)10(3)4/h7,10H,5-6,8-9H2,1-4H3. The normalized spacial score (nSPS) is 11.5. The highest BCUT2D eigenvalue weighted by Gasteiger charge is 2.14. The maximum absolute atomic E-state index is 11.6. The fourth-order valence-corrected chi connectivity index (χ4v) is 1.05. The Labute approximate surface area is 103 Å². The molecule has 0 aliphatic carbocycles. The van der Waals surface area contributed by atoms with Gasteiger partial charge in [0.25, 0.3) is 0 Å². The number of allylic oxidation sites excluding steroid dienone is 1. The summed E-state index contributed by atoms with van der Waals surface area (Å²) in [5.41, 5.74) is 0.412. The molecule has 0 radical (unpaired) electrons. The van der Waals surface area contributed by atoms with Crippen molar-refractivity contribution in [3.05, 3.63) is 11.6 Å². The van der Waals surface area contributed by atoms with Gasteiger partial charge in [0.1, 0.15) is 6.61 Å². The van der Waals surface area contributed by atoms with Gasteiger partial charge in [-0.3, -0.25) is 4.79 Å². The third-order valence-corrected chi connectivity index (χ3v) is 1.99. The van der Waals surface area contributed by atoms with Crippen LogP contribution in [0.4, 0.5) is 0 Å². The lowest BCUT2D eigenvalue weighted by atomic mass is 10.2. The van der Waals surface area contributed by atoms with Crippen molar-refractivity contribution in [3.63, 3.8) is 0 Å². The molecule has 0 spiro atoms. The van der Waals surface area contributed by atoms with Crippen molar-refractivity contribution in [1.82, 2.24) is 0 Å². The van der Waals surface area contributed by atoms with Crippen molar-refractivity contribution in [2.24, 2.45) is 5.92 Å². The van der Waals surface area contributed by atoms with Gasteiger partial charge in [-0.1, -0.05) is 33.8 Å². The van der Waals surface area contributed by atoms with E-state index in [2.05, 4.69) is 0 Å². The van der Waals surface area contributed by atoms with E-state index in [0.717, 1.165) is 6.42 Å². The Kier molecular flexibility index (Phi) is 8.11. The molecule has 0 heterocycles. The first-order valence-electron chi connectivity index (χ1n) is 6.05. The summed E-state index contributed by atoms with van der Waals surface area (Å²) in [5, 5.41) is 0. The van der Waals surface area contributed by atoms with E-state index in [1.54, 1.807) is 19.9 Å². The predicted molar refractivity (Wildman–Crippen MR) is 65.4 cm³/mol. The van der Waals surface area contributed by atoms with Crippen LogP contribution >= 0.6 is 0 Å². The molecule has 0 unspecified atom stereocenters. The van der Waals surface area contributed by atoms with Gasteiger partial charge >= 0.3 is 11.9 Å². The second-order valence-electron chi connectivity index (χ2n) is 4.04. The van der Waals surface area contributed by atoms with Gasteiger partial charge in [-0.15, -0.1) is 0 Å². The van der Waals surface area contributed by atoms with Crippen LogP contribution in [-0.2, 0) is 19.1 Å². The average Bonchev–Trinajstić information content (AvgIpc) is 2.30. The first-order chi connectivity index (χ1) is 8.02. The van der Waals surface area contributed by atoms with Crippen molar-refractivity contribution in [2.75, 3.05) is 13.2 Å². The van der Waals surface area contributed by atoms with Crippen LogP contribution in [0.15, 0.2) is 11.6 Å². The van der Waals surface area contributed by atoms with Crippen LogP contribution in [0.1, 0.15) is 40.5 Å². The first-order valence-corrected chi connectivity index (χ1v) is 6.05. The van der Waals surface area contributed by atoms with E-state index in [-0.39, 0.29) is 18.5 Å².